The van der Waals surface area contributed by atoms with Crippen LogP contribution in [0.3, 0.4) is 0 Å². The quantitative estimate of drug-likeness (QED) is 0.847. The van der Waals surface area contributed by atoms with Crippen LogP contribution in [0.2, 0.25) is 0 Å². The Morgan fingerprint density at radius 2 is 2.28 bits per heavy atom. The van der Waals surface area contributed by atoms with Crippen molar-refractivity contribution in [3.8, 4) is 11.5 Å². The fraction of sp³-hybridized carbons (Fsp3) is 0.538. The van der Waals surface area contributed by atoms with E-state index in [1.807, 2.05) is 13.0 Å². The molecular weight excluding hydrogens is 230 g/mol. The molecule has 18 heavy (non-hydrogen) atoms. The van der Waals surface area contributed by atoms with E-state index in [1.165, 1.54) is 12.8 Å². The number of aromatic nitrogens is 2. The van der Waals surface area contributed by atoms with E-state index in [0.29, 0.717) is 17.8 Å². The summed E-state index contributed by atoms with van der Waals surface area (Å²) >= 11 is 0. The Hall–Kier alpha value is -1.62. The maximum Gasteiger partial charge on any atom is 0.251 e. The standard InChI is InChI=1S/C13H17N3O2/c1-2-11-10(6-8-17-11)13-16-15-12(18-13)5-7-14-9-3-4-9/h6,8-9,14H,2-5,7H2,1H3. The minimum absolute atomic E-state index is 0.557. The molecule has 1 aliphatic rings. The lowest BCUT2D eigenvalue weighted by atomic mass is 10.2. The zero-order valence-corrected chi connectivity index (χ0v) is 10.5. The van der Waals surface area contributed by atoms with Crippen molar-refractivity contribution in [1.29, 1.82) is 0 Å². The molecule has 1 aliphatic carbocycles. The molecule has 1 fully saturated rings. The van der Waals surface area contributed by atoms with E-state index in [1.54, 1.807) is 6.26 Å². The fourth-order valence-corrected chi connectivity index (χ4v) is 1.94. The van der Waals surface area contributed by atoms with Crippen molar-refractivity contribution >= 4 is 0 Å². The molecule has 2 heterocycles. The number of furan rings is 1. The number of nitrogens with one attached hydrogen (secondary N) is 1. The van der Waals surface area contributed by atoms with Gasteiger partial charge in [0.05, 0.1) is 11.8 Å². The third-order valence-electron chi connectivity index (χ3n) is 3.11. The smallest absolute Gasteiger partial charge is 0.251 e. The average molecular weight is 247 g/mol. The van der Waals surface area contributed by atoms with E-state index >= 15 is 0 Å². The van der Waals surface area contributed by atoms with Gasteiger partial charge in [-0.05, 0) is 18.9 Å². The predicted octanol–water partition coefficient (Wildman–Crippen LogP) is 2.19. The molecule has 3 rings (SSSR count). The third kappa shape index (κ3) is 2.46. The molecule has 2 aromatic heterocycles. The summed E-state index contributed by atoms with van der Waals surface area (Å²) in [5.41, 5.74) is 0.909. The van der Waals surface area contributed by atoms with E-state index in [9.17, 15) is 0 Å². The molecule has 1 N–H and O–H groups in total. The molecule has 0 aromatic carbocycles. The van der Waals surface area contributed by atoms with Crippen LogP contribution in [-0.4, -0.2) is 22.8 Å². The molecule has 0 atom stereocenters. The highest BCUT2D eigenvalue weighted by molar-refractivity contribution is 5.54. The second-order valence-electron chi connectivity index (χ2n) is 4.59. The summed E-state index contributed by atoms with van der Waals surface area (Å²) in [6.07, 6.45) is 5.85. The normalized spacial score (nSPS) is 15.2. The average Bonchev–Trinajstić information content (AvgIpc) is 2.92. The maximum atomic E-state index is 5.65. The monoisotopic (exact) mass is 247 g/mol. The summed E-state index contributed by atoms with van der Waals surface area (Å²) < 4.78 is 11.0. The molecule has 0 bridgehead atoms. The number of rotatable bonds is 6. The molecule has 1 saturated carbocycles. The molecular formula is C13H17N3O2. The Bertz CT molecular complexity index is 514. The molecule has 0 radical (unpaired) electrons. The van der Waals surface area contributed by atoms with E-state index in [-0.39, 0.29) is 0 Å². The molecule has 0 spiro atoms. The Kier molecular flexibility index (Phi) is 3.15. The van der Waals surface area contributed by atoms with Crippen LogP contribution in [0.5, 0.6) is 0 Å². The highest BCUT2D eigenvalue weighted by atomic mass is 16.4. The summed E-state index contributed by atoms with van der Waals surface area (Å²) in [6.45, 7) is 2.94. The van der Waals surface area contributed by atoms with Crippen LogP contribution >= 0.6 is 0 Å². The summed E-state index contributed by atoms with van der Waals surface area (Å²) in [7, 11) is 0. The molecule has 5 heteroatoms. The Morgan fingerprint density at radius 1 is 1.39 bits per heavy atom. The van der Waals surface area contributed by atoms with Crippen LogP contribution in [0.4, 0.5) is 0 Å². The van der Waals surface area contributed by atoms with Gasteiger partial charge in [0.25, 0.3) is 5.89 Å². The van der Waals surface area contributed by atoms with Gasteiger partial charge in [-0.3, -0.25) is 0 Å². The first-order chi connectivity index (χ1) is 8.86. The summed E-state index contributed by atoms with van der Waals surface area (Å²) in [5.74, 6) is 2.13. The summed E-state index contributed by atoms with van der Waals surface area (Å²) in [5, 5.41) is 11.6. The van der Waals surface area contributed by atoms with Crippen molar-refractivity contribution < 1.29 is 8.83 Å². The van der Waals surface area contributed by atoms with Crippen LogP contribution < -0.4 is 5.32 Å². The lowest BCUT2D eigenvalue weighted by Gasteiger charge is -1.97. The van der Waals surface area contributed by atoms with Gasteiger partial charge in [0.15, 0.2) is 0 Å². The topological polar surface area (TPSA) is 64.1 Å². The predicted molar refractivity (Wildman–Crippen MR) is 66.1 cm³/mol. The molecule has 0 saturated heterocycles. The number of aryl methyl sites for hydroxylation is 1. The lowest BCUT2D eigenvalue weighted by Crippen LogP contribution is -2.19. The SMILES string of the molecule is CCc1occc1-c1nnc(CCNC2CC2)o1. The first kappa shape index (κ1) is 11.5. The third-order valence-corrected chi connectivity index (χ3v) is 3.11. The van der Waals surface area contributed by atoms with Crippen molar-refractivity contribution in [2.75, 3.05) is 6.54 Å². The van der Waals surface area contributed by atoms with E-state index in [0.717, 1.165) is 30.7 Å². The second-order valence-corrected chi connectivity index (χ2v) is 4.59. The fourth-order valence-electron chi connectivity index (χ4n) is 1.94. The van der Waals surface area contributed by atoms with Gasteiger partial charge in [-0.15, -0.1) is 10.2 Å². The molecule has 2 aromatic rings. The zero-order chi connectivity index (χ0) is 12.4. The van der Waals surface area contributed by atoms with Crippen LogP contribution in [0.15, 0.2) is 21.2 Å². The Balaban J connectivity index is 1.64. The number of nitrogens with zero attached hydrogens (tertiary/aromatic N) is 2. The minimum Gasteiger partial charge on any atom is -0.469 e. The largest absolute Gasteiger partial charge is 0.469 e. The van der Waals surface area contributed by atoms with Gasteiger partial charge in [-0.2, -0.15) is 0 Å². The van der Waals surface area contributed by atoms with Crippen molar-refractivity contribution in [2.45, 2.75) is 38.6 Å². The summed E-state index contributed by atoms with van der Waals surface area (Å²) in [6, 6.07) is 2.59. The van der Waals surface area contributed by atoms with Crippen molar-refractivity contribution in [3.63, 3.8) is 0 Å². The minimum atomic E-state index is 0.557. The first-order valence-corrected chi connectivity index (χ1v) is 6.49. The van der Waals surface area contributed by atoms with E-state index < -0.39 is 0 Å². The van der Waals surface area contributed by atoms with Crippen molar-refractivity contribution in [3.05, 3.63) is 24.0 Å². The zero-order valence-electron chi connectivity index (χ0n) is 10.5. The Labute approximate surface area is 106 Å². The molecule has 5 nitrogen and oxygen atoms in total. The van der Waals surface area contributed by atoms with Gasteiger partial charge in [0, 0.05) is 25.4 Å². The number of hydrogen-bond donors (Lipinski definition) is 1. The van der Waals surface area contributed by atoms with Gasteiger partial charge in [-0.1, -0.05) is 6.92 Å². The highest BCUT2D eigenvalue weighted by Gasteiger charge is 2.20. The van der Waals surface area contributed by atoms with Gasteiger partial charge in [-0.25, -0.2) is 0 Å². The van der Waals surface area contributed by atoms with Gasteiger partial charge >= 0.3 is 0 Å². The van der Waals surface area contributed by atoms with Crippen molar-refractivity contribution in [2.24, 2.45) is 0 Å². The van der Waals surface area contributed by atoms with E-state index in [2.05, 4.69) is 15.5 Å². The molecule has 0 unspecified atom stereocenters. The van der Waals surface area contributed by atoms with Crippen LogP contribution in [0.25, 0.3) is 11.5 Å². The lowest BCUT2D eigenvalue weighted by molar-refractivity contribution is 0.488. The maximum absolute atomic E-state index is 5.65. The van der Waals surface area contributed by atoms with Crippen LogP contribution in [0, 0.1) is 0 Å². The first-order valence-electron chi connectivity index (χ1n) is 6.49. The van der Waals surface area contributed by atoms with Crippen LogP contribution in [0.1, 0.15) is 31.4 Å². The molecule has 96 valence electrons. The molecule has 0 amide bonds. The second kappa shape index (κ2) is 4.94. The van der Waals surface area contributed by atoms with Gasteiger partial charge in [0.2, 0.25) is 5.89 Å². The number of hydrogen-bond acceptors (Lipinski definition) is 5. The molecule has 0 aliphatic heterocycles. The van der Waals surface area contributed by atoms with Crippen LogP contribution in [-0.2, 0) is 12.8 Å². The van der Waals surface area contributed by atoms with Crippen molar-refractivity contribution in [1.82, 2.24) is 15.5 Å². The summed E-state index contributed by atoms with van der Waals surface area (Å²) in [4.78, 5) is 0. The van der Waals surface area contributed by atoms with Gasteiger partial charge < -0.3 is 14.2 Å². The Morgan fingerprint density at radius 3 is 3.06 bits per heavy atom. The highest BCUT2D eigenvalue weighted by Crippen LogP contribution is 2.24. The van der Waals surface area contributed by atoms with E-state index in [4.69, 9.17) is 8.83 Å². The van der Waals surface area contributed by atoms with Gasteiger partial charge in [0.1, 0.15) is 5.76 Å².